The number of rotatable bonds is 6. The zero-order chi connectivity index (χ0) is 19.2. The quantitative estimate of drug-likeness (QED) is 0.675. The van der Waals surface area contributed by atoms with Crippen LogP contribution in [0, 0.1) is 13.8 Å². The first-order valence-corrected chi connectivity index (χ1v) is 9.20. The SMILES string of the molecule is CCN(Cc1ccccc1)c1ccc(C(=O)Nc2ccc(C)cc2C)nc1. The Morgan fingerprint density at radius 1 is 1.04 bits per heavy atom. The molecule has 0 bridgehead atoms. The number of carbonyl (C=O) groups excluding carboxylic acids is 1. The summed E-state index contributed by atoms with van der Waals surface area (Å²) in [5, 5.41) is 2.94. The predicted octanol–water partition coefficient (Wildman–Crippen LogP) is 4.98. The monoisotopic (exact) mass is 359 g/mol. The Kier molecular flexibility index (Phi) is 5.87. The molecule has 3 rings (SSSR count). The van der Waals surface area contributed by atoms with Crippen LogP contribution in [0.5, 0.6) is 0 Å². The van der Waals surface area contributed by atoms with E-state index in [0.717, 1.165) is 30.0 Å². The van der Waals surface area contributed by atoms with Gasteiger partial charge in [-0.15, -0.1) is 0 Å². The molecule has 0 aliphatic carbocycles. The highest BCUT2D eigenvalue weighted by molar-refractivity contribution is 6.03. The van der Waals surface area contributed by atoms with Crippen LogP contribution in [-0.4, -0.2) is 17.4 Å². The maximum atomic E-state index is 12.5. The van der Waals surface area contributed by atoms with E-state index in [-0.39, 0.29) is 5.91 Å². The van der Waals surface area contributed by atoms with Gasteiger partial charge in [-0.3, -0.25) is 4.79 Å². The first-order valence-electron chi connectivity index (χ1n) is 9.20. The molecule has 1 amide bonds. The lowest BCUT2D eigenvalue weighted by Crippen LogP contribution is -2.22. The molecule has 1 aromatic heterocycles. The van der Waals surface area contributed by atoms with Crippen LogP contribution in [-0.2, 0) is 6.54 Å². The molecular weight excluding hydrogens is 334 g/mol. The zero-order valence-corrected chi connectivity index (χ0v) is 16.1. The average Bonchev–Trinajstić information content (AvgIpc) is 2.69. The van der Waals surface area contributed by atoms with E-state index in [1.807, 2.05) is 50.2 Å². The number of nitrogens with one attached hydrogen (secondary N) is 1. The van der Waals surface area contributed by atoms with Gasteiger partial charge in [0, 0.05) is 18.8 Å². The topological polar surface area (TPSA) is 45.2 Å². The average molecular weight is 359 g/mol. The number of pyridine rings is 1. The Morgan fingerprint density at radius 3 is 2.44 bits per heavy atom. The molecule has 0 unspecified atom stereocenters. The van der Waals surface area contributed by atoms with Gasteiger partial charge in [0.15, 0.2) is 0 Å². The molecule has 3 aromatic rings. The number of nitrogens with zero attached hydrogens (tertiary/aromatic N) is 2. The van der Waals surface area contributed by atoms with Gasteiger partial charge >= 0.3 is 0 Å². The van der Waals surface area contributed by atoms with Crippen molar-refractivity contribution in [3.8, 4) is 0 Å². The second-order valence-corrected chi connectivity index (χ2v) is 6.67. The molecule has 2 aromatic carbocycles. The molecule has 1 heterocycles. The Labute approximate surface area is 160 Å². The van der Waals surface area contributed by atoms with E-state index in [4.69, 9.17) is 0 Å². The summed E-state index contributed by atoms with van der Waals surface area (Å²) in [4.78, 5) is 19.1. The van der Waals surface area contributed by atoms with E-state index < -0.39 is 0 Å². The fourth-order valence-electron chi connectivity index (χ4n) is 3.04. The van der Waals surface area contributed by atoms with Crippen LogP contribution in [0.1, 0.15) is 34.1 Å². The standard InChI is InChI=1S/C23H25N3O/c1-4-26(16-19-8-6-5-7-9-19)20-11-13-22(24-15-20)23(27)25-21-12-10-17(2)14-18(21)3/h5-15H,4,16H2,1-3H3,(H,25,27). The van der Waals surface area contributed by atoms with Gasteiger partial charge in [0.25, 0.3) is 5.91 Å². The van der Waals surface area contributed by atoms with E-state index >= 15 is 0 Å². The van der Waals surface area contributed by atoms with Gasteiger partial charge < -0.3 is 10.2 Å². The third-order valence-electron chi connectivity index (χ3n) is 4.57. The minimum absolute atomic E-state index is 0.195. The molecule has 0 atom stereocenters. The van der Waals surface area contributed by atoms with E-state index in [1.165, 1.54) is 11.1 Å². The number of hydrogen-bond donors (Lipinski definition) is 1. The van der Waals surface area contributed by atoms with Crippen LogP contribution in [0.2, 0.25) is 0 Å². The molecule has 27 heavy (non-hydrogen) atoms. The second kappa shape index (κ2) is 8.49. The highest BCUT2D eigenvalue weighted by Crippen LogP contribution is 2.19. The first kappa shape index (κ1) is 18.6. The molecule has 0 radical (unpaired) electrons. The molecule has 0 saturated heterocycles. The first-order chi connectivity index (χ1) is 13.1. The van der Waals surface area contributed by atoms with Crippen molar-refractivity contribution < 1.29 is 4.79 Å². The van der Waals surface area contributed by atoms with Crippen LogP contribution in [0.25, 0.3) is 0 Å². The van der Waals surface area contributed by atoms with Crippen LogP contribution >= 0.6 is 0 Å². The molecule has 0 fully saturated rings. The molecule has 0 spiro atoms. The number of aromatic nitrogens is 1. The number of hydrogen-bond acceptors (Lipinski definition) is 3. The molecule has 0 aliphatic rings. The zero-order valence-electron chi connectivity index (χ0n) is 16.1. The van der Waals surface area contributed by atoms with Gasteiger partial charge in [-0.25, -0.2) is 4.98 Å². The van der Waals surface area contributed by atoms with Gasteiger partial charge in [-0.05, 0) is 50.1 Å². The summed E-state index contributed by atoms with van der Waals surface area (Å²) < 4.78 is 0. The van der Waals surface area contributed by atoms with E-state index in [1.54, 1.807) is 12.3 Å². The third kappa shape index (κ3) is 4.73. The van der Waals surface area contributed by atoms with E-state index in [9.17, 15) is 4.79 Å². The Bertz CT molecular complexity index is 905. The van der Waals surface area contributed by atoms with Gasteiger partial charge in [0.2, 0.25) is 0 Å². The maximum Gasteiger partial charge on any atom is 0.274 e. The van der Waals surface area contributed by atoms with Gasteiger partial charge in [0.1, 0.15) is 5.69 Å². The van der Waals surface area contributed by atoms with Gasteiger partial charge in [0.05, 0.1) is 11.9 Å². The maximum absolute atomic E-state index is 12.5. The van der Waals surface area contributed by atoms with Crippen molar-refractivity contribution in [2.45, 2.75) is 27.3 Å². The third-order valence-corrected chi connectivity index (χ3v) is 4.57. The Hall–Kier alpha value is -3.14. The largest absolute Gasteiger partial charge is 0.366 e. The fraction of sp³-hybridized carbons (Fsp3) is 0.217. The highest BCUT2D eigenvalue weighted by atomic mass is 16.1. The number of amides is 1. The second-order valence-electron chi connectivity index (χ2n) is 6.67. The lowest BCUT2D eigenvalue weighted by Gasteiger charge is -2.23. The van der Waals surface area contributed by atoms with Crippen molar-refractivity contribution >= 4 is 17.3 Å². The molecule has 4 nitrogen and oxygen atoms in total. The summed E-state index contributed by atoms with van der Waals surface area (Å²) in [5.41, 5.74) is 5.69. The summed E-state index contributed by atoms with van der Waals surface area (Å²) >= 11 is 0. The van der Waals surface area contributed by atoms with Crippen LogP contribution in [0.3, 0.4) is 0 Å². The van der Waals surface area contributed by atoms with Gasteiger partial charge in [-0.1, -0.05) is 48.0 Å². The highest BCUT2D eigenvalue weighted by Gasteiger charge is 2.11. The molecular formula is C23H25N3O. The summed E-state index contributed by atoms with van der Waals surface area (Å²) in [6.07, 6.45) is 1.77. The van der Waals surface area contributed by atoms with Crippen LogP contribution in [0.15, 0.2) is 66.9 Å². The number of benzene rings is 2. The van der Waals surface area contributed by atoms with Crippen LogP contribution < -0.4 is 10.2 Å². The lowest BCUT2D eigenvalue weighted by molar-refractivity contribution is 0.102. The number of aryl methyl sites for hydroxylation is 2. The minimum Gasteiger partial charge on any atom is -0.366 e. The van der Waals surface area contributed by atoms with Crippen LogP contribution in [0.4, 0.5) is 11.4 Å². The Morgan fingerprint density at radius 2 is 1.81 bits per heavy atom. The summed E-state index contributed by atoms with van der Waals surface area (Å²) in [6, 6.07) is 20.0. The molecule has 0 aliphatic heterocycles. The normalized spacial score (nSPS) is 10.5. The van der Waals surface area contributed by atoms with Crippen molar-refractivity contribution in [1.29, 1.82) is 0 Å². The number of anilines is 2. The molecule has 0 saturated carbocycles. The predicted molar refractivity (Wildman–Crippen MR) is 111 cm³/mol. The van der Waals surface area contributed by atoms with Crippen molar-refractivity contribution in [3.05, 3.63) is 89.2 Å². The van der Waals surface area contributed by atoms with E-state index in [2.05, 4.69) is 40.3 Å². The summed E-state index contributed by atoms with van der Waals surface area (Å²) in [6.45, 7) is 7.82. The van der Waals surface area contributed by atoms with Crippen molar-refractivity contribution in [3.63, 3.8) is 0 Å². The molecule has 1 N–H and O–H groups in total. The van der Waals surface area contributed by atoms with Gasteiger partial charge in [-0.2, -0.15) is 0 Å². The minimum atomic E-state index is -0.195. The molecule has 4 heteroatoms. The van der Waals surface area contributed by atoms with Crippen molar-refractivity contribution in [2.75, 3.05) is 16.8 Å². The van der Waals surface area contributed by atoms with Crippen molar-refractivity contribution in [2.24, 2.45) is 0 Å². The Balaban J connectivity index is 1.70. The number of carbonyl (C=O) groups is 1. The smallest absolute Gasteiger partial charge is 0.274 e. The van der Waals surface area contributed by atoms with Crippen molar-refractivity contribution in [1.82, 2.24) is 4.98 Å². The molecule has 138 valence electrons. The van der Waals surface area contributed by atoms with E-state index in [0.29, 0.717) is 5.69 Å². The lowest BCUT2D eigenvalue weighted by atomic mass is 10.1. The summed E-state index contributed by atoms with van der Waals surface area (Å²) in [5.74, 6) is -0.195. The fourth-order valence-corrected chi connectivity index (χ4v) is 3.04. The summed E-state index contributed by atoms with van der Waals surface area (Å²) in [7, 11) is 0.